The Bertz CT molecular complexity index is 438. The van der Waals surface area contributed by atoms with Crippen molar-refractivity contribution in [3.8, 4) is 0 Å². The number of amides is 1. The third-order valence-corrected chi connectivity index (χ3v) is 5.16. The molecule has 0 aromatic heterocycles. The number of hydrogen-bond acceptors (Lipinski definition) is 2. The van der Waals surface area contributed by atoms with Crippen LogP contribution < -0.4 is 10.2 Å². The monoisotopic (exact) mass is 338 g/mol. The second-order valence-electron chi connectivity index (χ2n) is 5.73. The largest absolute Gasteiger partial charge is 0.372 e. The molecule has 0 spiro atoms. The van der Waals surface area contributed by atoms with E-state index in [0.717, 1.165) is 18.8 Å². The number of anilines is 2. The molecule has 110 valence electrons. The van der Waals surface area contributed by atoms with Gasteiger partial charge in [-0.05, 0) is 49.4 Å². The van der Waals surface area contributed by atoms with E-state index >= 15 is 0 Å². The zero-order valence-corrected chi connectivity index (χ0v) is 13.8. The lowest BCUT2D eigenvalue weighted by molar-refractivity contribution is -0.116. The maximum atomic E-state index is 12.0. The number of benzene rings is 1. The van der Waals surface area contributed by atoms with Crippen LogP contribution in [0.1, 0.15) is 33.1 Å². The Labute approximate surface area is 129 Å². The van der Waals surface area contributed by atoms with Gasteiger partial charge in [-0.25, -0.2) is 0 Å². The number of halogens is 1. The molecule has 3 nitrogen and oxygen atoms in total. The Morgan fingerprint density at radius 3 is 2.30 bits per heavy atom. The lowest BCUT2D eigenvalue weighted by Crippen LogP contribution is -2.29. The van der Waals surface area contributed by atoms with E-state index in [-0.39, 0.29) is 16.7 Å². The highest BCUT2D eigenvalue weighted by Crippen LogP contribution is 2.22. The Morgan fingerprint density at radius 1 is 1.15 bits per heavy atom. The molecule has 20 heavy (non-hydrogen) atoms. The van der Waals surface area contributed by atoms with Crippen molar-refractivity contribution < 1.29 is 4.79 Å². The fourth-order valence-corrected chi connectivity index (χ4v) is 2.54. The molecule has 1 heterocycles. The summed E-state index contributed by atoms with van der Waals surface area (Å²) in [5.41, 5.74) is 2.11. The molecule has 1 aliphatic heterocycles. The Morgan fingerprint density at radius 2 is 1.75 bits per heavy atom. The summed E-state index contributed by atoms with van der Waals surface area (Å²) in [7, 11) is 0. The summed E-state index contributed by atoms with van der Waals surface area (Å²) in [5, 5.41) is 2.95. The van der Waals surface area contributed by atoms with Crippen LogP contribution in [0.5, 0.6) is 0 Å². The van der Waals surface area contributed by atoms with Gasteiger partial charge in [0.2, 0.25) is 5.91 Å². The van der Waals surface area contributed by atoms with Gasteiger partial charge in [-0.2, -0.15) is 0 Å². The molecule has 0 bridgehead atoms. The van der Waals surface area contributed by atoms with Crippen LogP contribution in [0.2, 0.25) is 0 Å². The van der Waals surface area contributed by atoms with Gasteiger partial charge in [0.05, 0.1) is 4.83 Å². The number of piperidine rings is 1. The Balaban J connectivity index is 1.96. The fraction of sp³-hybridized carbons (Fsp3) is 0.562. The molecule has 0 radical (unpaired) electrons. The standard InChI is InChI=1S/C16H23BrN2O/c1-12(2)15(17)16(20)18-13-6-8-14(9-7-13)19-10-4-3-5-11-19/h6-9,12,15H,3-5,10-11H2,1-2H3,(H,18,20). The van der Waals surface area contributed by atoms with Crippen molar-refractivity contribution >= 4 is 33.2 Å². The summed E-state index contributed by atoms with van der Waals surface area (Å²) in [5.74, 6) is 0.299. The summed E-state index contributed by atoms with van der Waals surface area (Å²) in [6, 6.07) is 8.17. The third kappa shape index (κ3) is 3.98. The minimum Gasteiger partial charge on any atom is -0.372 e. The zero-order chi connectivity index (χ0) is 14.5. The average Bonchev–Trinajstić information content (AvgIpc) is 2.48. The quantitative estimate of drug-likeness (QED) is 0.840. The lowest BCUT2D eigenvalue weighted by atomic mass is 10.1. The van der Waals surface area contributed by atoms with Gasteiger partial charge in [0.1, 0.15) is 0 Å². The first-order valence-electron chi connectivity index (χ1n) is 7.38. The van der Waals surface area contributed by atoms with Gasteiger partial charge in [-0.15, -0.1) is 0 Å². The van der Waals surface area contributed by atoms with E-state index in [1.54, 1.807) is 0 Å². The van der Waals surface area contributed by atoms with Crippen molar-refractivity contribution in [1.82, 2.24) is 0 Å². The molecule has 1 aliphatic rings. The summed E-state index contributed by atoms with van der Waals surface area (Å²) >= 11 is 3.42. The first-order chi connectivity index (χ1) is 9.58. The zero-order valence-electron chi connectivity index (χ0n) is 12.2. The van der Waals surface area contributed by atoms with Crippen molar-refractivity contribution in [3.05, 3.63) is 24.3 Å². The van der Waals surface area contributed by atoms with E-state index in [4.69, 9.17) is 0 Å². The highest BCUT2D eigenvalue weighted by molar-refractivity contribution is 9.10. The second-order valence-corrected chi connectivity index (χ2v) is 6.72. The first kappa shape index (κ1) is 15.4. The molecule has 1 fully saturated rings. The van der Waals surface area contributed by atoms with E-state index < -0.39 is 0 Å². The summed E-state index contributed by atoms with van der Waals surface area (Å²) in [6.45, 7) is 6.34. The minimum absolute atomic E-state index is 0.0192. The summed E-state index contributed by atoms with van der Waals surface area (Å²) in [6.07, 6.45) is 3.89. The van der Waals surface area contributed by atoms with E-state index in [1.165, 1.54) is 24.9 Å². The number of hydrogen-bond donors (Lipinski definition) is 1. The van der Waals surface area contributed by atoms with Crippen molar-refractivity contribution in [2.24, 2.45) is 5.92 Å². The third-order valence-electron chi connectivity index (χ3n) is 3.69. The van der Waals surface area contributed by atoms with Crippen LogP contribution in [0, 0.1) is 5.92 Å². The smallest absolute Gasteiger partial charge is 0.238 e. The second kappa shape index (κ2) is 7.11. The molecular weight excluding hydrogens is 316 g/mol. The van der Waals surface area contributed by atoms with Crippen molar-refractivity contribution in [3.63, 3.8) is 0 Å². The van der Waals surface area contributed by atoms with Gasteiger partial charge in [-0.3, -0.25) is 4.79 Å². The van der Waals surface area contributed by atoms with Gasteiger partial charge >= 0.3 is 0 Å². The van der Waals surface area contributed by atoms with Crippen molar-refractivity contribution in [1.29, 1.82) is 0 Å². The molecule has 4 heteroatoms. The Kier molecular flexibility index (Phi) is 5.46. The predicted octanol–water partition coefficient (Wildman–Crippen LogP) is 4.03. The van der Waals surface area contributed by atoms with Crippen LogP contribution >= 0.6 is 15.9 Å². The van der Waals surface area contributed by atoms with Gasteiger partial charge in [0, 0.05) is 24.5 Å². The number of carbonyl (C=O) groups excluding carboxylic acids is 1. The maximum absolute atomic E-state index is 12.0. The number of carbonyl (C=O) groups is 1. The molecule has 2 rings (SSSR count). The van der Waals surface area contributed by atoms with Gasteiger partial charge < -0.3 is 10.2 Å². The number of alkyl halides is 1. The van der Waals surface area contributed by atoms with Gasteiger partial charge in [-0.1, -0.05) is 29.8 Å². The maximum Gasteiger partial charge on any atom is 0.238 e. The molecular formula is C16H23BrN2O. The van der Waals surface area contributed by atoms with Crippen LogP contribution in [-0.2, 0) is 4.79 Å². The predicted molar refractivity (Wildman–Crippen MR) is 88.7 cm³/mol. The number of rotatable bonds is 4. The first-order valence-corrected chi connectivity index (χ1v) is 8.29. The molecule has 1 aromatic carbocycles. The molecule has 1 unspecified atom stereocenters. The minimum atomic E-state index is -0.149. The van der Waals surface area contributed by atoms with E-state index in [0.29, 0.717) is 0 Å². The van der Waals surface area contributed by atoms with Gasteiger partial charge in [0.15, 0.2) is 0 Å². The SMILES string of the molecule is CC(C)C(Br)C(=O)Nc1ccc(N2CCCCC2)cc1. The van der Waals surface area contributed by atoms with Crippen LogP contribution in [0.25, 0.3) is 0 Å². The molecule has 0 aliphatic carbocycles. The normalized spacial score (nSPS) is 17.1. The average molecular weight is 339 g/mol. The Hall–Kier alpha value is -1.03. The number of nitrogens with zero attached hydrogens (tertiary/aromatic N) is 1. The van der Waals surface area contributed by atoms with Crippen LogP contribution in [0.15, 0.2) is 24.3 Å². The highest BCUT2D eigenvalue weighted by Gasteiger charge is 2.18. The number of nitrogens with one attached hydrogen (secondary N) is 1. The molecule has 0 saturated carbocycles. The van der Waals surface area contributed by atoms with Crippen LogP contribution in [-0.4, -0.2) is 23.8 Å². The van der Waals surface area contributed by atoms with Crippen LogP contribution in [0.3, 0.4) is 0 Å². The summed E-state index contributed by atoms with van der Waals surface area (Å²) in [4.78, 5) is 14.2. The lowest BCUT2D eigenvalue weighted by Gasteiger charge is -2.28. The van der Waals surface area contributed by atoms with Gasteiger partial charge in [0.25, 0.3) is 0 Å². The van der Waals surface area contributed by atoms with Crippen LogP contribution in [0.4, 0.5) is 11.4 Å². The molecule has 1 saturated heterocycles. The molecule has 1 atom stereocenters. The fourth-order valence-electron chi connectivity index (χ4n) is 2.42. The molecule has 1 aromatic rings. The van der Waals surface area contributed by atoms with E-state index in [2.05, 4.69) is 38.3 Å². The highest BCUT2D eigenvalue weighted by atomic mass is 79.9. The summed E-state index contributed by atoms with van der Waals surface area (Å²) < 4.78 is 0. The molecule has 1 amide bonds. The topological polar surface area (TPSA) is 32.3 Å². The molecule has 1 N–H and O–H groups in total. The van der Waals surface area contributed by atoms with Crippen molar-refractivity contribution in [2.45, 2.75) is 37.9 Å². The van der Waals surface area contributed by atoms with Crippen molar-refractivity contribution in [2.75, 3.05) is 23.3 Å². The van der Waals surface area contributed by atoms with E-state index in [1.807, 2.05) is 26.0 Å². The van der Waals surface area contributed by atoms with E-state index in [9.17, 15) is 4.79 Å².